The van der Waals surface area contributed by atoms with Gasteiger partial charge in [0.2, 0.25) is 5.91 Å². The number of carbonyl (C=O) groups excluding carboxylic acids is 2. The number of amides is 1. The van der Waals surface area contributed by atoms with Crippen LogP contribution in [0, 0.1) is 17.8 Å². The molecule has 13 heteroatoms. The zero-order chi connectivity index (χ0) is 31.1. The molecule has 0 unspecified atom stereocenters. The van der Waals surface area contributed by atoms with Crippen LogP contribution < -0.4 is 10.6 Å². The van der Waals surface area contributed by atoms with Gasteiger partial charge in [-0.2, -0.15) is 0 Å². The number of nitrogens with zero attached hydrogens (tertiary/aromatic N) is 3. The Morgan fingerprint density at radius 2 is 1.88 bits per heavy atom. The molecule has 6 aliphatic rings. The number of fused-ring (bicyclic) bond motifs is 1. The summed E-state index contributed by atoms with van der Waals surface area (Å²) in [7, 11) is 1.99. The van der Waals surface area contributed by atoms with Crippen LogP contribution in [0.3, 0.4) is 0 Å². The molecule has 0 bridgehead atoms. The molecule has 8 atom stereocenters. The molecule has 1 amide bonds. The number of carbonyl (C=O) groups is 3. The number of likely N-dealkylation sites (tertiary alicyclic amines) is 1. The van der Waals surface area contributed by atoms with Gasteiger partial charge >= 0.3 is 5.97 Å². The van der Waals surface area contributed by atoms with Crippen molar-refractivity contribution >= 4 is 29.9 Å². The number of β-lactam (4-membered cyclic amide) rings is 1. The largest absolute Gasteiger partial charge is 0.477 e. The molecule has 5 fully saturated rings. The van der Waals surface area contributed by atoms with Gasteiger partial charge in [-0.15, -0.1) is 11.8 Å². The van der Waals surface area contributed by atoms with Crippen LogP contribution in [0.15, 0.2) is 10.6 Å². The zero-order valence-corrected chi connectivity index (χ0v) is 26.9. The van der Waals surface area contributed by atoms with Gasteiger partial charge < -0.3 is 44.9 Å². The molecule has 0 saturated carbocycles. The summed E-state index contributed by atoms with van der Waals surface area (Å²) in [5.74, 6) is -0.947. The summed E-state index contributed by atoms with van der Waals surface area (Å²) in [5.41, 5.74) is 0.127. The Hall–Kier alpha value is -1.58. The van der Waals surface area contributed by atoms with Crippen molar-refractivity contribution in [3.05, 3.63) is 10.6 Å². The molecular formula is C30H51N5O7S. The third-order valence-electron chi connectivity index (χ3n) is 9.06. The summed E-state index contributed by atoms with van der Waals surface area (Å²) in [6, 6.07) is -0.236. The molecule has 0 aliphatic carbocycles. The van der Waals surface area contributed by atoms with Gasteiger partial charge in [0, 0.05) is 55.3 Å². The lowest BCUT2D eigenvalue weighted by atomic mass is 9.79. The minimum atomic E-state index is -1.05. The maximum absolute atomic E-state index is 12.4. The number of aliphatic carboxylic acids is 1. The van der Waals surface area contributed by atoms with E-state index in [4.69, 9.17) is 9.47 Å². The standard InChI is InChI=1S/C19H29N3O5S.C6H11NO2.C5H11N/c1-10-15-14(11(2)23)18(24)22(15)16(19(25)26)17(10)28-13-3-5-21(9-13)8-12-7-20-4-6-27-12;1-7-2-3-9-6(4-7)5-8;1-5-2-3-6-4-5/h10-15,20,23H,3-9H2,1-2H3,(H,25,26);5-6H,2-4H2,1H3;5-6H,2-4H2,1H3/t10-,11-,12+,13-,14-,15-;6-;5-/m100/s1. The first kappa shape index (κ1) is 34.3. The molecule has 12 nitrogen and oxygen atoms in total. The Labute approximate surface area is 259 Å². The fourth-order valence-electron chi connectivity index (χ4n) is 6.63. The van der Waals surface area contributed by atoms with Crippen LogP contribution in [0.25, 0.3) is 0 Å². The van der Waals surface area contributed by atoms with E-state index in [0.717, 1.165) is 76.0 Å². The minimum absolute atomic E-state index is 0.0617. The summed E-state index contributed by atoms with van der Waals surface area (Å²) >= 11 is 1.61. The van der Waals surface area contributed by atoms with Crippen molar-refractivity contribution in [1.82, 2.24) is 25.3 Å². The van der Waals surface area contributed by atoms with Crippen molar-refractivity contribution in [2.24, 2.45) is 17.8 Å². The first-order chi connectivity index (χ1) is 20.6. The van der Waals surface area contributed by atoms with E-state index in [1.165, 1.54) is 24.4 Å². The lowest BCUT2D eigenvalue weighted by molar-refractivity contribution is -0.163. The highest BCUT2D eigenvalue weighted by Gasteiger charge is 2.60. The van der Waals surface area contributed by atoms with Crippen LogP contribution in [0.2, 0.25) is 0 Å². The van der Waals surface area contributed by atoms with E-state index in [1.54, 1.807) is 18.7 Å². The topological polar surface area (TPSA) is 144 Å². The third-order valence-corrected chi connectivity index (χ3v) is 10.6. The summed E-state index contributed by atoms with van der Waals surface area (Å²) in [4.78, 5) is 41.2. The van der Waals surface area contributed by atoms with Crippen LogP contribution in [0.4, 0.5) is 0 Å². The van der Waals surface area contributed by atoms with Gasteiger partial charge in [-0.05, 0) is 52.4 Å². The Kier molecular flexibility index (Phi) is 12.9. The van der Waals surface area contributed by atoms with E-state index in [0.29, 0.717) is 11.9 Å². The summed E-state index contributed by atoms with van der Waals surface area (Å²) in [6.45, 7) is 16.0. The average Bonchev–Trinajstić information content (AvgIpc) is 3.69. The monoisotopic (exact) mass is 625 g/mol. The minimum Gasteiger partial charge on any atom is -0.477 e. The molecule has 0 aromatic heterocycles. The van der Waals surface area contributed by atoms with Gasteiger partial charge in [0.05, 0.1) is 37.4 Å². The van der Waals surface area contributed by atoms with E-state index in [2.05, 4.69) is 27.4 Å². The second kappa shape index (κ2) is 16.1. The van der Waals surface area contributed by atoms with Crippen molar-refractivity contribution in [3.8, 4) is 0 Å². The lowest BCUT2D eigenvalue weighted by Crippen LogP contribution is -2.63. The van der Waals surface area contributed by atoms with Crippen molar-refractivity contribution in [2.45, 2.75) is 63.2 Å². The number of likely N-dealkylation sites (N-methyl/N-ethyl adjacent to an activating group) is 1. The average molecular weight is 626 g/mol. The van der Waals surface area contributed by atoms with Gasteiger partial charge in [-0.25, -0.2) is 4.79 Å². The first-order valence-electron chi connectivity index (χ1n) is 15.8. The van der Waals surface area contributed by atoms with Gasteiger partial charge in [-0.1, -0.05) is 13.8 Å². The second-order valence-electron chi connectivity index (χ2n) is 12.7. The fraction of sp³-hybridized carbons (Fsp3) is 0.833. The van der Waals surface area contributed by atoms with E-state index >= 15 is 0 Å². The van der Waals surface area contributed by atoms with Gasteiger partial charge in [0.15, 0.2) is 0 Å². The van der Waals surface area contributed by atoms with E-state index in [-0.39, 0.29) is 35.8 Å². The number of carboxylic acid groups (broad SMARTS) is 1. The maximum atomic E-state index is 12.4. The maximum Gasteiger partial charge on any atom is 0.353 e. The Bertz CT molecular complexity index is 988. The number of morpholine rings is 2. The van der Waals surface area contributed by atoms with Crippen molar-refractivity contribution in [2.75, 3.05) is 79.2 Å². The van der Waals surface area contributed by atoms with Gasteiger partial charge in [0.25, 0.3) is 0 Å². The molecular weight excluding hydrogens is 574 g/mol. The molecule has 0 radical (unpaired) electrons. The predicted octanol–water partition coefficient (Wildman–Crippen LogP) is 0.0677. The molecule has 0 spiro atoms. The van der Waals surface area contributed by atoms with Crippen LogP contribution in [0.5, 0.6) is 0 Å². The Morgan fingerprint density at radius 3 is 2.42 bits per heavy atom. The van der Waals surface area contributed by atoms with Crippen molar-refractivity contribution < 1.29 is 34.1 Å². The number of hydrogen-bond donors (Lipinski definition) is 4. The highest BCUT2D eigenvalue weighted by atomic mass is 32.2. The number of carboxylic acids is 1. The summed E-state index contributed by atoms with van der Waals surface area (Å²) in [5, 5.41) is 26.6. The van der Waals surface area contributed by atoms with Crippen LogP contribution >= 0.6 is 11.8 Å². The number of ether oxygens (including phenoxy) is 2. The first-order valence-corrected chi connectivity index (χ1v) is 16.6. The zero-order valence-electron chi connectivity index (χ0n) is 26.1. The molecule has 43 heavy (non-hydrogen) atoms. The van der Waals surface area contributed by atoms with Crippen molar-refractivity contribution in [1.29, 1.82) is 0 Å². The van der Waals surface area contributed by atoms with Gasteiger partial charge in [0.1, 0.15) is 18.1 Å². The van der Waals surface area contributed by atoms with Crippen molar-refractivity contribution in [3.63, 3.8) is 0 Å². The molecule has 5 saturated heterocycles. The molecule has 6 aliphatic heterocycles. The number of rotatable bonds is 7. The lowest BCUT2D eigenvalue weighted by Gasteiger charge is -2.46. The summed E-state index contributed by atoms with van der Waals surface area (Å²) < 4.78 is 10.9. The molecule has 0 aromatic carbocycles. The molecule has 4 N–H and O–H groups in total. The number of thioether (sulfide) groups is 1. The quantitative estimate of drug-likeness (QED) is 0.225. The molecule has 6 heterocycles. The number of aliphatic hydroxyl groups excluding tert-OH is 1. The number of aliphatic hydroxyl groups is 1. The van der Waals surface area contributed by atoms with Gasteiger partial charge in [-0.3, -0.25) is 9.69 Å². The number of nitrogens with one attached hydrogen (secondary N) is 2. The molecule has 0 aromatic rings. The fourth-order valence-corrected chi connectivity index (χ4v) is 8.15. The number of hydrogen-bond acceptors (Lipinski definition) is 11. The number of aldehydes is 1. The van der Waals surface area contributed by atoms with Crippen LogP contribution in [-0.4, -0.2) is 152 Å². The van der Waals surface area contributed by atoms with Crippen LogP contribution in [-0.2, 0) is 23.9 Å². The molecule has 244 valence electrons. The Morgan fingerprint density at radius 1 is 1.12 bits per heavy atom. The highest BCUT2D eigenvalue weighted by molar-refractivity contribution is 8.03. The third kappa shape index (κ3) is 8.78. The van der Waals surface area contributed by atoms with E-state index in [9.17, 15) is 24.6 Å². The smallest absolute Gasteiger partial charge is 0.353 e. The van der Waals surface area contributed by atoms with E-state index < -0.39 is 18.0 Å². The normalized spacial score (nSPS) is 35.3. The SMILES string of the molecule is CN1CCO[C@H](C=O)C1.C[C@@H](O)[C@H]1C(=O)N2C(C(=O)O)=C(S[C@@H]3CCN(C[C@@H]4CNCCO4)C3)[C@H](C)[C@H]12.C[C@H]1CCNC1. The summed E-state index contributed by atoms with van der Waals surface area (Å²) in [6.07, 6.45) is 2.48. The van der Waals surface area contributed by atoms with E-state index in [1.807, 2.05) is 14.0 Å². The molecule has 6 rings (SSSR count). The Balaban J connectivity index is 0.000000229. The highest BCUT2D eigenvalue weighted by Crippen LogP contribution is 2.51. The second-order valence-corrected chi connectivity index (χ2v) is 14.0. The predicted molar refractivity (Wildman–Crippen MR) is 165 cm³/mol. The van der Waals surface area contributed by atoms with Crippen LogP contribution in [0.1, 0.15) is 33.6 Å².